The lowest BCUT2D eigenvalue weighted by atomic mass is 10.1. The lowest BCUT2D eigenvalue weighted by Crippen LogP contribution is -2.36. The standard InChI is InChI=1S/C25H25N5O2/c1-16-9-12-21(17(2)13-16)30-24-20(14-26-30)23(18-10-11-18)27-29(25(24)32)15-22(31)28(3)19-7-5-4-6-8-19/h4-9,12-14,18H,10-11,15H2,1-3H3. The molecule has 1 fully saturated rings. The highest BCUT2D eigenvalue weighted by atomic mass is 16.2. The zero-order valence-electron chi connectivity index (χ0n) is 18.4. The van der Waals surface area contributed by atoms with E-state index in [1.165, 1.54) is 4.68 Å². The highest BCUT2D eigenvalue weighted by molar-refractivity contribution is 5.92. The van der Waals surface area contributed by atoms with Gasteiger partial charge in [0, 0.05) is 24.0 Å². The minimum Gasteiger partial charge on any atom is -0.314 e. The Bertz CT molecular complexity index is 1380. The van der Waals surface area contributed by atoms with E-state index < -0.39 is 0 Å². The lowest BCUT2D eigenvalue weighted by molar-refractivity contribution is -0.119. The molecule has 0 bridgehead atoms. The summed E-state index contributed by atoms with van der Waals surface area (Å²) in [6.45, 7) is 3.92. The van der Waals surface area contributed by atoms with Crippen LogP contribution in [0.15, 0.2) is 59.5 Å². The maximum atomic E-state index is 13.5. The van der Waals surface area contributed by atoms with Crippen LogP contribution in [0, 0.1) is 13.8 Å². The van der Waals surface area contributed by atoms with Crippen LogP contribution in [0.5, 0.6) is 0 Å². The number of aromatic nitrogens is 4. The molecule has 2 heterocycles. The number of nitrogens with zero attached hydrogens (tertiary/aromatic N) is 5. The van der Waals surface area contributed by atoms with Crippen LogP contribution in [0.3, 0.4) is 0 Å². The van der Waals surface area contributed by atoms with Crippen molar-refractivity contribution in [2.75, 3.05) is 11.9 Å². The first-order chi connectivity index (χ1) is 15.4. The summed E-state index contributed by atoms with van der Waals surface area (Å²) in [7, 11) is 1.71. The van der Waals surface area contributed by atoms with Crippen LogP contribution < -0.4 is 10.5 Å². The van der Waals surface area contributed by atoms with Crippen molar-refractivity contribution in [2.24, 2.45) is 0 Å². The Labute approximate surface area is 185 Å². The first-order valence-corrected chi connectivity index (χ1v) is 10.8. The predicted molar refractivity (Wildman–Crippen MR) is 124 cm³/mol. The molecule has 0 unspecified atom stereocenters. The van der Waals surface area contributed by atoms with Crippen LogP contribution >= 0.6 is 0 Å². The van der Waals surface area contributed by atoms with Gasteiger partial charge in [0.2, 0.25) is 5.91 Å². The van der Waals surface area contributed by atoms with E-state index in [1.54, 1.807) is 22.8 Å². The summed E-state index contributed by atoms with van der Waals surface area (Å²) in [5.74, 6) is 0.104. The first kappa shape index (κ1) is 20.2. The molecule has 0 atom stereocenters. The van der Waals surface area contributed by atoms with Crippen LogP contribution in [0.2, 0.25) is 0 Å². The molecule has 0 radical (unpaired) electrons. The van der Waals surface area contributed by atoms with Crippen molar-refractivity contribution in [2.45, 2.75) is 39.2 Å². The van der Waals surface area contributed by atoms with E-state index in [0.717, 1.165) is 46.4 Å². The van der Waals surface area contributed by atoms with Crippen molar-refractivity contribution >= 4 is 22.5 Å². The van der Waals surface area contributed by atoms with Crippen molar-refractivity contribution in [3.05, 3.63) is 81.9 Å². The topological polar surface area (TPSA) is 73.0 Å². The molecule has 0 saturated heterocycles. The highest BCUT2D eigenvalue weighted by Gasteiger charge is 2.30. The quantitative estimate of drug-likeness (QED) is 0.486. The van der Waals surface area contributed by atoms with Crippen molar-refractivity contribution < 1.29 is 4.79 Å². The number of carbonyl (C=O) groups excluding carboxylic acids is 1. The van der Waals surface area contributed by atoms with Gasteiger partial charge in [-0.15, -0.1) is 0 Å². The molecule has 7 heteroatoms. The van der Waals surface area contributed by atoms with Crippen molar-refractivity contribution in [1.29, 1.82) is 0 Å². The van der Waals surface area contributed by atoms with E-state index in [2.05, 4.69) is 16.3 Å². The number of hydrogen-bond acceptors (Lipinski definition) is 4. The molecule has 5 rings (SSSR count). The number of para-hydroxylation sites is 1. The maximum Gasteiger partial charge on any atom is 0.293 e. The molecule has 162 valence electrons. The van der Waals surface area contributed by atoms with Gasteiger partial charge in [0.25, 0.3) is 5.56 Å². The molecule has 4 aromatic rings. The van der Waals surface area contributed by atoms with Gasteiger partial charge >= 0.3 is 0 Å². The van der Waals surface area contributed by atoms with Gasteiger partial charge in [-0.2, -0.15) is 10.2 Å². The Morgan fingerprint density at radius 2 is 1.88 bits per heavy atom. The normalized spacial score (nSPS) is 13.5. The summed E-state index contributed by atoms with van der Waals surface area (Å²) >= 11 is 0. The van der Waals surface area contributed by atoms with Gasteiger partial charge in [-0.3, -0.25) is 9.59 Å². The van der Waals surface area contributed by atoms with E-state index in [1.807, 2.05) is 56.3 Å². The number of amides is 1. The van der Waals surface area contributed by atoms with Crippen molar-refractivity contribution in [3.63, 3.8) is 0 Å². The molecular weight excluding hydrogens is 402 g/mol. The van der Waals surface area contributed by atoms with Gasteiger partial charge in [-0.1, -0.05) is 35.9 Å². The molecular formula is C25H25N5O2. The summed E-state index contributed by atoms with van der Waals surface area (Å²) in [6, 6.07) is 15.4. The van der Waals surface area contributed by atoms with Gasteiger partial charge in [-0.25, -0.2) is 9.36 Å². The van der Waals surface area contributed by atoms with Gasteiger partial charge < -0.3 is 4.90 Å². The molecule has 0 N–H and O–H groups in total. The molecule has 1 saturated carbocycles. The zero-order valence-corrected chi connectivity index (χ0v) is 18.4. The Balaban J connectivity index is 1.61. The molecule has 0 aliphatic heterocycles. The third-order valence-corrected chi connectivity index (χ3v) is 6.06. The summed E-state index contributed by atoms with van der Waals surface area (Å²) in [4.78, 5) is 28.1. The Kier molecular flexibility index (Phi) is 4.89. The summed E-state index contributed by atoms with van der Waals surface area (Å²) in [5.41, 5.74) is 4.83. The smallest absolute Gasteiger partial charge is 0.293 e. The molecule has 2 aromatic carbocycles. The summed E-state index contributed by atoms with van der Waals surface area (Å²) < 4.78 is 3.00. The fourth-order valence-electron chi connectivity index (χ4n) is 4.11. The molecule has 1 aliphatic carbocycles. The van der Waals surface area contributed by atoms with Crippen molar-refractivity contribution in [3.8, 4) is 5.69 Å². The third kappa shape index (κ3) is 3.49. The predicted octanol–water partition coefficient (Wildman–Crippen LogP) is 3.74. The van der Waals surface area contributed by atoms with Crippen molar-refractivity contribution in [1.82, 2.24) is 19.6 Å². The SMILES string of the molecule is Cc1ccc(-n2ncc3c(C4CC4)nn(CC(=O)N(C)c4ccccc4)c(=O)c32)c(C)c1. The minimum atomic E-state index is -0.309. The number of rotatable bonds is 5. The minimum absolute atomic E-state index is 0.127. The zero-order chi connectivity index (χ0) is 22.4. The monoisotopic (exact) mass is 427 g/mol. The summed E-state index contributed by atoms with van der Waals surface area (Å²) in [6.07, 6.45) is 3.80. The average molecular weight is 428 g/mol. The van der Waals surface area contributed by atoms with Gasteiger partial charge in [0.1, 0.15) is 12.1 Å². The number of carbonyl (C=O) groups is 1. The maximum absolute atomic E-state index is 13.5. The van der Waals surface area contributed by atoms with Crippen LogP contribution in [0.1, 0.15) is 35.6 Å². The second kappa shape index (κ2) is 7.75. The number of aryl methyl sites for hydroxylation is 2. The van der Waals surface area contributed by atoms with Crippen LogP contribution in [-0.2, 0) is 11.3 Å². The molecule has 1 amide bonds. The second-order valence-electron chi connectivity index (χ2n) is 8.52. The number of benzene rings is 2. The van der Waals surface area contributed by atoms with Gasteiger partial charge in [-0.05, 0) is 50.5 Å². The number of fused-ring (bicyclic) bond motifs is 1. The number of hydrogen-bond donors (Lipinski definition) is 0. The van der Waals surface area contributed by atoms with Crippen LogP contribution in [0.4, 0.5) is 5.69 Å². The molecule has 7 nitrogen and oxygen atoms in total. The molecule has 1 aliphatic rings. The average Bonchev–Trinajstić information content (AvgIpc) is 3.54. The van der Waals surface area contributed by atoms with E-state index in [0.29, 0.717) is 11.4 Å². The molecule has 32 heavy (non-hydrogen) atoms. The van der Waals surface area contributed by atoms with Crippen LogP contribution in [-0.4, -0.2) is 32.5 Å². The Morgan fingerprint density at radius 3 is 2.56 bits per heavy atom. The fraction of sp³-hybridized carbons (Fsp3) is 0.280. The van der Waals surface area contributed by atoms with E-state index in [4.69, 9.17) is 0 Å². The number of likely N-dealkylation sites (N-methyl/N-ethyl adjacent to an activating group) is 1. The Hall–Kier alpha value is -3.74. The van der Waals surface area contributed by atoms with Crippen LogP contribution in [0.25, 0.3) is 16.6 Å². The lowest BCUT2D eigenvalue weighted by Gasteiger charge is -2.18. The highest BCUT2D eigenvalue weighted by Crippen LogP contribution is 2.41. The van der Waals surface area contributed by atoms with Gasteiger partial charge in [0.05, 0.1) is 17.6 Å². The summed E-state index contributed by atoms with van der Waals surface area (Å²) in [5, 5.41) is 9.96. The second-order valence-corrected chi connectivity index (χ2v) is 8.52. The van der Waals surface area contributed by atoms with E-state index in [9.17, 15) is 9.59 Å². The fourth-order valence-corrected chi connectivity index (χ4v) is 4.11. The third-order valence-electron chi connectivity index (χ3n) is 6.06. The molecule has 2 aromatic heterocycles. The first-order valence-electron chi connectivity index (χ1n) is 10.8. The van der Waals surface area contributed by atoms with E-state index >= 15 is 0 Å². The largest absolute Gasteiger partial charge is 0.314 e. The number of anilines is 1. The van der Waals surface area contributed by atoms with E-state index in [-0.39, 0.29) is 18.0 Å². The molecule has 0 spiro atoms. The Morgan fingerprint density at radius 1 is 1.12 bits per heavy atom. The van der Waals surface area contributed by atoms with Gasteiger partial charge in [0.15, 0.2) is 0 Å².